The van der Waals surface area contributed by atoms with Crippen molar-refractivity contribution in [2.75, 3.05) is 0 Å². The minimum atomic E-state index is -0.276. The van der Waals surface area contributed by atoms with Crippen LogP contribution in [0, 0.1) is 0 Å². The van der Waals surface area contributed by atoms with Gasteiger partial charge in [-0.3, -0.25) is 4.79 Å². The number of aromatic nitrogens is 1. The van der Waals surface area contributed by atoms with Crippen LogP contribution in [-0.2, 0) is 7.05 Å². The SMILES string of the molecule is Cn1c(-c2ccccc2)c(C(=O)NC(C)(C)C)c2ccccc21. The van der Waals surface area contributed by atoms with Crippen molar-refractivity contribution < 1.29 is 4.79 Å². The Morgan fingerprint density at radius 2 is 1.57 bits per heavy atom. The van der Waals surface area contributed by atoms with Crippen LogP contribution < -0.4 is 5.32 Å². The molecule has 23 heavy (non-hydrogen) atoms. The van der Waals surface area contributed by atoms with E-state index in [0.29, 0.717) is 0 Å². The Bertz CT molecular complexity index is 854. The van der Waals surface area contributed by atoms with Crippen LogP contribution in [0.15, 0.2) is 54.6 Å². The number of rotatable bonds is 2. The topological polar surface area (TPSA) is 34.0 Å². The highest BCUT2D eigenvalue weighted by Crippen LogP contribution is 2.33. The quantitative estimate of drug-likeness (QED) is 0.749. The monoisotopic (exact) mass is 306 g/mol. The second-order valence-corrected chi connectivity index (χ2v) is 6.87. The summed E-state index contributed by atoms with van der Waals surface area (Å²) in [5.74, 6) is -0.0341. The van der Waals surface area contributed by atoms with Crippen LogP contribution in [0.5, 0.6) is 0 Å². The van der Waals surface area contributed by atoms with Gasteiger partial charge >= 0.3 is 0 Å². The molecular weight excluding hydrogens is 284 g/mol. The molecule has 0 saturated carbocycles. The number of para-hydroxylation sites is 1. The van der Waals surface area contributed by atoms with Crippen LogP contribution in [0.4, 0.5) is 0 Å². The summed E-state index contributed by atoms with van der Waals surface area (Å²) in [6.45, 7) is 5.99. The maximum atomic E-state index is 13.0. The second kappa shape index (κ2) is 5.58. The van der Waals surface area contributed by atoms with Crippen LogP contribution >= 0.6 is 0 Å². The maximum Gasteiger partial charge on any atom is 0.254 e. The summed E-state index contributed by atoms with van der Waals surface area (Å²) in [5.41, 5.74) is 3.52. The average Bonchev–Trinajstić information content (AvgIpc) is 2.80. The van der Waals surface area contributed by atoms with E-state index < -0.39 is 0 Å². The number of benzene rings is 2. The predicted molar refractivity (Wildman–Crippen MR) is 95.6 cm³/mol. The van der Waals surface area contributed by atoms with E-state index in [2.05, 4.69) is 16.0 Å². The Balaban J connectivity index is 2.28. The minimum absolute atomic E-state index is 0.0341. The molecule has 2 aromatic carbocycles. The second-order valence-electron chi connectivity index (χ2n) is 6.87. The molecule has 0 saturated heterocycles. The van der Waals surface area contributed by atoms with Crippen LogP contribution in [0.2, 0.25) is 0 Å². The molecule has 0 bridgehead atoms. The van der Waals surface area contributed by atoms with E-state index in [1.165, 1.54) is 0 Å². The van der Waals surface area contributed by atoms with E-state index in [1.54, 1.807) is 0 Å². The summed E-state index contributed by atoms with van der Waals surface area (Å²) in [4.78, 5) is 13.0. The van der Waals surface area contributed by atoms with Crippen molar-refractivity contribution in [2.45, 2.75) is 26.3 Å². The number of carbonyl (C=O) groups excluding carboxylic acids is 1. The molecule has 0 aliphatic rings. The van der Waals surface area contributed by atoms with E-state index in [1.807, 2.05) is 76.3 Å². The van der Waals surface area contributed by atoms with Crippen molar-refractivity contribution in [3.63, 3.8) is 0 Å². The average molecular weight is 306 g/mol. The third-order valence-corrected chi connectivity index (χ3v) is 3.87. The van der Waals surface area contributed by atoms with Crippen molar-refractivity contribution >= 4 is 16.8 Å². The lowest BCUT2D eigenvalue weighted by atomic mass is 10.0. The van der Waals surface area contributed by atoms with Crippen LogP contribution in [-0.4, -0.2) is 16.0 Å². The third-order valence-electron chi connectivity index (χ3n) is 3.87. The fraction of sp³-hybridized carbons (Fsp3) is 0.250. The molecule has 3 aromatic rings. The number of fused-ring (bicyclic) bond motifs is 1. The van der Waals surface area contributed by atoms with Crippen molar-refractivity contribution in [3.8, 4) is 11.3 Å². The van der Waals surface area contributed by atoms with Gasteiger partial charge in [0.1, 0.15) is 0 Å². The van der Waals surface area contributed by atoms with E-state index in [0.717, 1.165) is 27.7 Å². The predicted octanol–water partition coefficient (Wildman–Crippen LogP) is 4.37. The molecule has 0 aliphatic carbocycles. The molecule has 0 radical (unpaired) electrons. The van der Waals surface area contributed by atoms with Gasteiger partial charge in [-0.15, -0.1) is 0 Å². The Labute approximate surface area is 136 Å². The molecule has 3 rings (SSSR count). The molecule has 118 valence electrons. The van der Waals surface area contributed by atoms with E-state index in [-0.39, 0.29) is 11.4 Å². The number of nitrogens with zero attached hydrogens (tertiary/aromatic N) is 1. The lowest BCUT2D eigenvalue weighted by Crippen LogP contribution is -2.40. The fourth-order valence-electron chi connectivity index (χ4n) is 2.96. The molecular formula is C20H22N2O. The molecule has 0 spiro atoms. The first kappa shape index (κ1) is 15.3. The van der Waals surface area contributed by atoms with Gasteiger partial charge in [0, 0.05) is 23.5 Å². The van der Waals surface area contributed by atoms with E-state index in [4.69, 9.17) is 0 Å². The number of hydrogen-bond donors (Lipinski definition) is 1. The molecule has 1 aromatic heterocycles. The van der Waals surface area contributed by atoms with Gasteiger partial charge in [-0.1, -0.05) is 48.5 Å². The molecule has 0 unspecified atom stereocenters. The molecule has 1 heterocycles. The maximum absolute atomic E-state index is 13.0. The zero-order valence-corrected chi connectivity index (χ0v) is 14.1. The number of hydrogen-bond acceptors (Lipinski definition) is 1. The third kappa shape index (κ3) is 2.87. The molecule has 1 amide bonds. The van der Waals surface area contributed by atoms with Gasteiger partial charge in [0.05, 0.1) is 11.3 Å². The first-order valence-electron chi connectivity index (χ1n) is 7.84. The van der Waals surface area contributed by atoms with Crippen molar-refractivity contribution in [1.82, 2.24) is 9.88 Å². The first-order chi connectivity index (χ1) is 10.9. The van der Waals surface area contributed by atoms with Gasteiger partial charge in [0.2, 0.25) is 0 Å². The van der Waals surface area contributed by atoms with E-state index in [9.17, 15) is 4.79 Å². The molecule has 3 heteroatoms. The van der Waals surface area contributed by atoms with Crippen LogP contribution in [0.1, 0.15) is 31.1 Å². The Morgan fingerprint density at radius 1 is 0.957 bits per heavy atom. The van der Waals surface area contributed by atoms with Crippen LogP contribution in [0.25, 0.3) is 22.2 Å². The lowest BCUT2D eigenvalue weighted by molar-refractivity contribution is 0.0922. The number of aryl methyl sites for hydroxylation is 1. The molecule has 0 aliphatic heterocycles. The van der Waals surface area contributed by atoms with Crippen molar-refractivity contribution in [3.05, 3.63) is 60.2 Å². The standard InChI is InChI=1S/C20H22N2O/c1-20(2,3)21-19(23)17-15-12-8-9-13-16(15)22(4)18(17)14-10-6-5-7-11-14/h5-13H,1-4H3,(H,21,23). The Kier molecular flexibility index (Phi) is 3.72. The number of amides is 1. The van der Waals surface area contributed by atoms with Crippen molar-refractivity contribution in [1.29, 1.82) is 0 Å². The summed E-state index contributed by atoms with van der Waals surface area (Å²) < 4.78 is 2.10. The Morgan fingerprint density at radius 3 is 2.22 bits per heavy atom. The lowest BCUT2D eigenvalue weighted by Gasteiger charge is -2.21. The van der Waals surface area contributed by atoms with Gasteiger partial charge in [-0.25, -0.2) is 0 Å². The van der Waals surface area contributed by atoms with E-state index >= 15 is 0 Å². The van der Waals surface area contributed by atoms with Gasteiger partial charge in [0.25, 0.3) is 5.91 Å². The molecule has 3 nitrogen and oxygen atoms in total. The summed E-state index contributed by atoms with van der Waals surface area (Å²) in [6.07, 6.45) is 0. The first-order valence-corrected chi connectivity index (χ1v) is 7.84. The molecule has 1 N–H and O–H groups in total. The zero-order valence-electron chi connectivity index (χ0n) is 14.1. The largest absolute Gasteiger partial charge is 0.347 e. The Hall–Kier alpha value is -2.55. The van der Waals surface area contributed by atoms with Crippen LogP contribution in [0.3, 0.4) is 0 Å². The summed E-state index contributed by atoms with van der Waals surface area (Å²) in [7, 11) is 2.01. The highest BCUT2D eigenvalue weighted by Gasteiger charge is 2.24. The highest BCUT2D eigenvalue weighted by molar-refractivity contribution is 6.13. The van der Waals surface area contributed by atoms with Crippen molar-refractivity contribution in [2.24, 2.45) is 7.05 Å². The van der Waals surface area contributed by atoms with Gasteiger partial charge in [-0.05, 0) is 32.4 Å². The summed E-state index contributed by atoms with van der Waals surface area (Å²) in [6, 6.07) is 18.1. The zero-order chi connectivity index (χ0) is 16.6. The van der Waals surface area contributed by atoms with Gasteiger partial charge in [0.15, 0.2) is 0 Å². The smallest absolute Gasteiger partial charge is 0.254 e. The number of carbonyl (C=O) groups is 1. The number of nitrogens with one attached hydrogen (secondary N) is 1. The highest BCUT2D eigenvalue weighted by atomic mass is 16.1. The fourth-order valence-corrected chi connectivity index (χ4v) is 2.96. The van der Waals surface area contributed by atoms with Gasteiger partial charge in [-0.2, -0.15) is 0 Å². The normalized spacial score (nSPS) is 11.7. The van der Waals surface area contributed by atoms with Gasteiger partial charge < -0.3 is 9.88 Å². The minimum Gasteiger partial charge on any atom is -0.347 e. The molecule has 0 fully saturated rings. The molecule has 0 atom stereocenters. The summed E-state index contributed by atoms with van der Waals surface area (Å²) in [5, 5.41) is 4.08. The summed E-state index contributed by atoms with van der Waals surface area (Å²) >= 11 is 0.